The van der Waals surface area contributed by atoms with Gasteiger partial charge in [-0.15, -0.1) is 0 Å². The summed E-state index contributed by atoms with van der Waals surface area (Å²) in [5.74, 6) is 1.08. The Morgan fingerprint density at radius 3 is 2.65 bits per heavy atom. The van der Waals surface area contributed by atoms with Gasteiger partial charge in [0.2, 0.25) is 0 Å². The summed E-state index contributed by atoms with van der Waals surface area (Å²) in [7, 11) is 0. The molecule has 0 saturated carbocycles. The number of rotatable bonds is 3. The molecule has 1 aromatic heterocycles. The predicted octanol–water partition coefficient (Wildman–Crippen LogP) is 0.821. The molecule has 5 heteroatoms. The lowest BCUT2D eigenvalue weighted by Crippen LogP contribution is -2.46. The van der Waals surface area contributed by atoms with Gasteiger partial charge in [0, 0.05) is 39.3 Å². The van der Waals surface area contributed by atoms with E-state index in [1.54, 1.807) is 6.20 Å². The monoisotopic (exact) mass is 234 g/mol. The molecule has 0 unspecified atom stereocenters. The van der Waals surface area contributed by atoms with E-state index in [0.29, 0.717) is 5.82 Å². The SMILES string of the molecule is CCN1CCN(c2ccnc(C(C)=O)n2)CC1. The summed E-state index contributed by atoms with van der Waals surface area (Å²) in [6.07, 6.45) is 1.66. The van der Waals surface area contributed by atoms with Gasteiger partial charge in [0.15, 0.2) is 11.6 Å². The second-order valence-electron chi connectivity index (χ2n) is 4.22. The van der Waals surface area contributed by atoms with Gasteiger partial charge in [0.1, 0.15) is 5.82 Å². The highest BCUT2D eigenvalue weighted by Crippen LogP contribution is 2.13. The van der Waals surface area contributed by atoms with Crippen LogP contribution in [-0.2, 0) is 0 Å². The van der Waals surface area contributed by atoms with Crippen LogP contribution in [0, 0.1) is 0 Å². The Kier molecular flexibility index (Phi) is 3.68. The largest absolute Gasteiger partial charge is 0.354 e. The van der Waals surface area contributed by atoms with E-state index in [-0.39, 0.29) is 5.78 Å². The highest BCUT2D eigenvalue weighted by atomic mass is 16.1. The fraction of sp³-hybridized carbons (Fsp3) is 0.583. The normalized spacial score (nSPS) is 17.2. The van der Waals surface area contributed by atoms with Gasteiger partial charge >= 0.3 is 0 Å². The summed E-state index contributed by atoms with van der Waals surface area (Å²) in [5.41, 5.74) is 0. The minimum absolute atomic E-state index is 0.0842. The highest BCUT2D eigenvalue weighted by Gasteiger charge is 2.17. The van der Waals surface area contributed by atoms with Gasteiger partial charge in [-0.3, -0.25) is 4.79 Å². The summed E-state index contributed by atoms with van der Waals surface area (Å²) >= 11 is 0. The number of nitrogens with zero attached hydrogens (tertiary/aromatic N) is 4. The molecule has 2 heterocycles. The minimum atomic E-state index is -0.0842. The third-order valence-corrected chi connectivity index (χ3v) is 3.10. The summed E-state index contributed by atoms with van der Waals surface area (Å²) in [6, 6.07) is 1.87. The van der Waals surface area contributed by atoms with Crippen molar-refractivity contribution in [3.05, 3.63) is 18.1 Å². The van der Waals surface area contributed by atoms with Crippen LogP contribution in [0.15, 0.2) is 12.3 Å². The number of piperazine rings is 1. The average Bonchev–Trinajstić information content (AvgIpc) is 2.39. The quantitative estimate of drug-likeness (QED) is 0.725. The number of ketones is 1. The van der Waals surface area contributed by atoms with Gasteiger partial charge in [-0.05, 0) is 12.6 Å². The summed E-state index contributed by atoms with van der Waals surface area (Å²) in [5, 5.41) is 0. The summed E-state index contributed by atoms with van der Waals surface area (Å²) in [6.45, 7) is 8.79. The first kappa shape index (κ1) is 12.0. The van der Waals surface area contributed by atoms with E-state index in [1.807, 2.05) is 6.07 Å². The molecule has 5 nitrogen and oxygen atoms in total. The van der Waals surface area contributed by atoms with Crippen LogP contribution in [0.25, 0.3) is 0 Å². The van der Waals surface area contributed by atoms with Gasteiger partial charge in [0.25, 0.3) is 0 Å². The summed E-state index contributed by atoms with van der Waals surface area (Å²) < 4.78 is 0. The van der Waals surface area contributed by atoms with Gasteiger partial charge in [0.05, 0.1) is 0 Å². The second-order valence-corrected chi connectivity index (χ2v) is 4.22. The molecule has 0 atom stereocenters. The van der Waals surface area contributed by atoms with Crippen molar-refractivity contribution in [3.63, 3.8) is 0 Å². The fourth-order valence-electron chi connectivity index (χ4n) is 1.99. The Labute approximate surface area is 101 Å². The zero-order valence-corrected chi connectivity index (χ0v) is 10.4. The van der Waals surface area contributed by atoms with Crippen LogP contribution in [0.5, 0.6) is 0 Å². The molecule has 1 aliphatic heterocycles. The van der Waals surface area contributed by atoms with Gasteiger partial charge in [-0.2, -0.15) is 0 Å². The molecule has 92 valence electrons. The molecule has 1 aliphatic rings. The summed E-state index contributed by atoms with van der Waals surface area (Å²) in [4.78, 5) is 24.1. The Bertz CT molecular complexity index is 399. The van der Waals surface area contributed by atoms with Crippen LogP contribution in [0.4, 0.5) is 5.82 Å². The molecule has 0 spiro atoms. The molecule has 1 saturated heterocycles. The lowest BCUT2D eigenvalue weighted by molar-refractivity contribution is 0.100. The topological polar surface area (TPSA) is 49.3 Å². The molecule has 0 bridgehead atoms. The maximum atomic E-state index is 11.2. The van der Waals surface area contributed by atoms with E-state index < -0.39 is 0 Å². The standard InChI is InChI=1S/C12H18N4O/c1-3-15-6-8-16(9-7-15)11-4-5-13-12(14-11)10(2)17/h4-5H,3,6-9H2,1-2H3. The zero-order valence-electron chi connectivity index (χ0n) is 10.4. The van der Waals surface area contributed by atoms with E-state index >= 15 is 0 Å². The minimum Gasteiger partial charge on any atom is -0.354 e. The van der Waals surface area contributed by atoms with Crippen LogP contribution in [0.2, 0.25) is 0 Å². The molecule has 0 aromatic carbocycles. The van der Waals surface area contributed by atoms with Crippen LogP contribution in [-0.4, -0.2) is 53.4 Å². The van der Waals surface area contributed by atoms with Gasteiger partial charge < -0.3 is 9.80 Å². The van der Waals surface area contributed by atoms with Crippen molar-refractivity contribution in [1.82, 2.24) is 14.9 Å². The first-order valence-corrected chi connectivity index (χ1v) is 6.02. The molecule has 0 N–H and O–H groups in total. The number of hydrogen-bond acceptors (Lipinski definition) is 5. The predicted molar refractivity (Wildman–Crippen MR) is 66.4 cm³/mol. The van der Waals surface area contributed by atoms with Crippen molar-refractivity contribution in [1.29, 1.82) is 0 Å². The van der Waals surface area contributed by atoms with Crippen LogP contribution in [0.3, 0.4) is 0 Å². The van der Waals surface area contributed by atoms with Crippen molar-refractivity contribution in [2.45, 2.75) is 13.8 Å². The first-order valence-electron chi connectivity index (χ1n) is 6.02. The van der Waals surface area contributed by atoms with Gasteiger partial charge in [-0.25, -0.2) is 9.97 Å². The van der Waals surface area contributed by atoms with Crippen molar-refractivity contribution in [2.24, 2.45) is 0 Å². The molecule has 1 aromatic rings. The van der Waals surface area contributed by atoms with E-state index in [1.165, 1.54) is 6.92 Å². The van der Waals surface area contributed by atoms with Crippen molar-refractivity contribution in [3.8, 4) is 0 Å². The number of anilines is 1. The molecule has 0 radical (unpaired) electrons. The zero-order chi connectivity index (χ0) is 12.3. The molecule has 1 fully saturated rings. The number of aromatic nitrogens is 2. The Balaban J connectivity index is 2.08. The van der Waals surface area contributed by atoms with E-state index in [2.05, 4.69) is 26.7 Å². The lowest BCUT2D eigenvalue weighted by Gasteiger charge is -2.34. The number of carbonyl (C=O) groups excluding carboxylic acids is 1. The third kappa shape index (κ3) is 2.79. The molecular weight excluding hydrogens is 216 g/mol. The van der Waals surface area contributed by atoms with Crippen LogP contribution in [0.1, 0.15) is 24.5 Å². The maximum Gasteiger partial charge on any atom is 0.197 e. The Morgan fingerprint density at radius 2 is 2.06 bits per heavy atom. The van der Waals surface area contributed by atoms with Crippen molar-refractivity contribution >= 4 is 11.6 Å². The number of Topliss-reactive ketones (excluding diaryl/α,β-unsaturated/α-hetero) is 1. The molecule has 17 heavy (non-hydrogen) atoms. The van der Waals surface area contributed by atoms with E-state index in [0.717, 1.165) is 38.5 Å². The van der Waals surface area contributed by atoms with E-state index in [4.69, 9.17) is 0 Å². The molecule has 0 amide bonds. The highest BCUT2D eigenvalue weighted by molar-refractivity contribution is 5.90. The molecule has 2 rings (SSSR count). The third-order valence-electron chi connectivity index (χ3n) is 3.10. The first-order chi connectivity index (χ1) is 8.20. The van der Waals surface area contributed by atoms with Crippen molar-refractivity contribution in [2.75, 3.05) is 37.6 Å². The average molecular weight is 234 g/mol. The molecule has 0 aliphatic carbocycles. The van der Waals surface area contributed by atoms with E-state index in [9.17, 15) is 4.79 Å². The Hall–Kier alpha value is -1.49. The number of likely N-dealkylation sites (N-methyl/N-ethyl adjacent to an activating group) is 1. The van der Waals surface area contributed by atoms with Crippen LogP contribution >= 0.6 is 0 Å². The number of carbonyl (C=O) groups is 1. The molecular formula is C12H18N4O. The maximum absolute atomic E-state index is 11.2. The second kappa shape index (κ2) is 5.23. The fourth-order valence-corrected chi connectivity index (χ4v) is 1.99. The van der Waals surface area contributed by atoms with Gasteiger partial charge in [-0.1, -0.05) is 6.92 Å². The van der Waals surface area contributed by atoms with Crippen molar-refractivity contribution < 1.29 is 4.79 Å². The lowest BCUT2D eigenvalue weighted by atomic mass is 10.3. The Morgan fingerprint density at radius 1 is 1.35 bits per heavy atom. The smallest absolute Gasteiger partial charge is 0.197 e. The van der Waals surface area contributed by atoms with Crippen LogP contribution < -0.4 is 4.90 Å². The number of hydrogen-bond donors (Lipinski definition) is 0.